The van der Waals surface area contributed by atoms with E-state index in [1.54, 1.807) is 12.4 Å². The molecule has 0 bridgehead atoms. The molecule has 1 aliphatic rings. The fourth-order valence-electron chi connectivity index (χ4n) is 2.20. The van der Waals surface area contributed by atoms with Crippen molar-refractivity contribution in [3.63, 3.8) is 0 Å². The Kier molecular flexibility index (Phi) is 2.63. The van der Waals surface area contributed by atoms with Crippen molar-refractivity contribution in [2.45, 2.75) is 25.8 Å². The van der Waals surface area contributed by atoms with Gasteiger partial charge in [-0.15, -0.1) is 0 Å². The van der Waals surface area contributed by atoms with E-state index in [2.05, 4.69) is 27.2 Å². The number of hydrogen-bond donors (Lipinski definition) is 2. The molecule has 5 nitrogen and oxygen atoms in total. The minimum Gasteiger partial charge on any atom is -0.396 e. The molecule has 5 heteroatoms. The van der Waals surface area contributed by atoms with E-state index in [9.17, 15) is 5.11 Å². The molecule has 1 aliphatic carbocycles. The predicted molar refractivity (Wildman–Crippen MR) is 69.2 cm³/mol. The van der Waals surface area contributed by atoms with Crippen molar-refractivity contribution in [2.75, 3.05) is 11.9 Å². The molecule has 0 aromatic carbocycles. The van der Waals surface area contributed by atoms with Gasteiger partial charge in [0, 0.05) is 23.9 Å². The first kappa shape index (κ1) is 11.3. The van der Waals surface area contributed by atoms with Gasteiger partial charge in [-0.25, -0.2) is 9.97 Å². The quantitative estimate of drug-likeness (QED) is 0.854. The smallest absolute Gasteiger partial charge is 0.180 e. The highest BCUT2D eigenvalue weighted by atomic mass is 16.3. The van der Waals surface area contributed by atoms with Gasteiger partial charge in [0.2, 0.25) is 0 Å². The summed E-state index contributed by atoms with van der Waals surface area (Å²) in [5, 5.41) is 12.7. The largest absolute Gasteiger partial charge is 0.396 e. The van der Waals surface area contributed by atoms with Gasteiger partial charge in [-0.3, -0.25) is 4.98 Å². The van der Waals surface area contributed by atoms with Gasteiger partial charge in [0.15, 0.2) is 5.65 Å². The Morgan fingerprint density at radius 2 is 2.11 bits per heavy atom. The Bertz CT molecular complexity index is 568. The minimum atomic E-state index is 0.0407. The van der Waals surface area contributed by atoms with Crippen LogP contribution in [0.4, 0.5) is 5.82 Å². The van der Waals surface area contributed by atoms with Crippen LogP contribution >= 0.6 is 0 Å². The number of fused-ring (bicyclic) bond motifs is 1. The van der Waals surface area contributed by atoms with Crippen molar-refractivity contribution in [3.8, 4) is 0 Å². The van der Waals surface area contributed by atoms with Crippen LogP contribution in [0.3, 0.4) is 0 Å². The molecule has 1 saturated carbocycles. The van der Waals surface area contributed by atoms with E-state index in [-0.39, 0.29) is 18.1 Å². The Balaban J connectivity index is 1.82. The van der Waals surface area contributed by atoms with Crippen molar-refractivity contribution < 1.29 is 5.11 Å². The highest BCUT2D eigenvalue weighted by Gasteiger charge is 2.47. The molecule has 18 heavy (non-hydrogen) atoms. The van der Waals surface area contributed by atoms with Gasteiger partial charge in [-0.1, -0.05) is 0 Å². The lowest BCUT2D eigenvalue weighted by atomic mass is 9.99. The second kappa shape index (κ2) is 4.17. The van der Waals surface area contributed by atoms with Crippen LogP contribution in [0.2, 0.25) is 0 Å². The zero-order valence-electron chi connectivity index (χ0n) is 10.3. The van der Waals surface area contributed by atoms with Crippen LogP contribution in [0, 0.1) is 5.41 Å². The number of aliphatic hydroxyl groups excluding tert-OH is 1. The lowest BCUT2D eigenvalue weighted by Crippen LogP contribution is -2.30. The van der Waals surface area contributed by atoms with E-state index in [4.69, 9.17) is 0 Å². The number of pyridine rings is 1. The normalized spacial score (nSPS) is 18.6. The van der Waals surface area contributed by atoms with Crippen molar-refractivity contribution in [3.05, 3.63) is 24.5 Å². The fourth-order valence-corrected chi connectivity index (χ4v) is 2.20. The second-order valence-electron chi connectivity index (χ2n) is 4.98. The first-order valence-corrected chi connectivity index (χ1v) is 6.19. The molecule has 2 aromatic heterocycles. The summed E-state index contributed by atoms with van der Waals surface area (Å²) < 4.78 is 0. The first-order chi connectivity index (χ1) is 8.73. The van der Waals surface area contributed by atoms with Crippen LogP contribution in [-0.4, -0.2) is 32.7 Å². The van der Waals surface area contributed by atoms with E-state index in [1.807, 2.05) is 12.1 Å². The van der Waals surface area contributed by atoms with Gasteiger partial charge in [0.1, 0.15) is 11.3 Å². The molecule has 0 spiro atoms. The van der Waals surface area contributed by atoms with Crippen molar-refractivity contribution >= 4 is 17.0 Å². The third kappa shape index (κ3) is 1.90. The maximum Gasteiger partial charge on any atom is 0.180 e. The van der Waals surface area contributed by atoms with E-state index in [0.29, 0.717) is 5.65 Å². The van der Waals surface area contributed by atoms with Crippen LogP contribution < -0.4 is 5.32 Å². The summed E-state index contributed by atoms with van der Waals surface area (Å²) in [5.41, 5.74) is 1.47. The molecule has 3 rings (SSSR count). The summed E-state index contributed by atoms with van der Waals surface area (Å²) >= 11 is 0. The Morgan fingerprint density at radius 1 is 1.33 bits per heavy atom. The van der Waals surface area contributed by atoms with Crippen LogP contribution in [0.5, 0.6) is 0 Å². The molecular formula is C13H16N4O. The summed E-state index contributed by atoms with van der Waals surface area (Å²) in [5.74, 6) is 0.787. The van der Waals surface area contributed by atoms with E-state index >= 15 is 0 Å². The molecular weight excluding hydrogens is 228 g/mol. The number of aliphatic hydroxyl groups is 1. The number of nitrogens with zero attached hydrogens (tertiary/aromatic N) is 3. The van der Waals surface area contributed by atoms with Gasteiger partial charge in [-0.2, -0.15) is 0 Å². The summed E-state index contributed by atoms with van der Waals surface area (Å²) in [4.78, 5) is 12.8. The molecule has 0 amide bonds. The minimum absolute atomic E-state index is 0.0407. The van der Waals surface area contributed by atoms with Gasteiger partial charge >= 0.3 is 0 Å². The molecule has 1 fully saturated rings. The topological polar surface area (TPSA) is 70.9 Å². The standard InChI is InChI=1S/C13H16N4O/c1-9(13(8-18)4-5-13)16-11-3-2-10-12(17-11)15-7-6-14-10/h2-3,6-7,9,18H,4-5,8H2,1H3,(H,15,16,17)/t9-/m0/s1. The molecule has 2 heterocycles. The third-order valence-electron chi connectivity index (χ3n) is 3.82. The summed E-state index contributed by atoms with van der Waals surface area (Å²) in [6, 6.07) is 4.02. The third-order valence-corrected chi connectivity index (χ3v) is 3.82. The number of aromatic nitrogens is 3. The van der Waals surface area contributed by atoms with Gasteiger partial charge in [-0.05, 0) is 31.9 Å². The fraction of sp³-hybridized carbons (Fsp3) is 0.462. The Hall–Kier alpha value is -1.75. The van der Waals surface area contributed by atoms with Crippen molar-refractivity contribution in [1.82, 2.24) is 15.0 Å². The van der Waals surface area contributed by atoms with Crippen LogP contribution in [0.15, 0.2) is 24.5 Å². The molecule has 94 valence electrons. The zero-order chi connectivity index (χ0) is 12.6. The van der Waals surface area contributed by atoms with Crippen LogP contribution in [-0.2, 0) is 0 Å². The molecule has 1 atom stereocenters. The summed E-state index contributed by atoms with van der Waals surface area (Å²) in [6.45, 7) is 2.32. The Morgan fingerprint density at radius 3 is 2.83 bits per heavy atom. The second-order valence-corrected chi connectivity index (χ2v) is 4.98. The highest BCUT2D eigenvalue weighted by molar-refractivity contribution is 5.71. The maximum atomic E-state index is 9.39. The van der Waals surface area contributed by atoms with Gasteiger partial charge in [0.05, 0.1) is 6.61 Å². The van der Waals surface area contributed by atoms with Crippen LogP contribution in [0.1, 0.15) is 19.8 Å². The monoisotopic (exact) mass is 244 g/mol. The Labute approximate surface area is 105 Å². The van der Waals surface area contributed by atoms with Gasteiger partial charge < -0.3 is 10.4 Å². The number of rotatable bonds is 4. The number of anilines is 1. The predicted octanol–water partition coefficient (Wildman–Crippen LogP) is 1.60. The van der Waals surface area contributed by atoms with E-state index in [0.717, 1.165) is 24.2 Å². The average Bonchev–Trinajstić information content (AvgIpc) is 3.19. The molecule has 2 aromatic rings. The van der Waals surface area contributed by atoms with Gasteiger partial charge in [0.25, 0.3) is 0 Å². The lowest BCUT2D eigenvalue weighted by molar-refractivity contribution is 0.198. The number of nitrogens with one attached hydrogen (secondary N) is 1. The summed E-state index contributed by atoms with van der Waals surface area (Å²) in [6.07, 6.45) is 5.44. The zero-order valence-corrected chi connectivity index (χ0v) is 10.3. The van der Waals surface area contributed by atoms with Crippen LogP contribution in [0.25, 0.3) is 11.2 Å². The molecule has 0 unspecified atom stereocenters. The lowest BCUT2D eigenvalue weighted by Gasteiger charge is -2.22. The SMILES string of the molecule is C[C@H](Nc1ccc2nccnc2n1)C1(CO)CC1. The van der Waals surface area contributed by atoms with E-state index in [1.165, 1.54) is 0 Å². The summed E-state index contributed by atoms with van der Waals surface area (Å²) in [7, 11) is 0. The molecule has 0 saturated heterocycles. The number of hydrogen-bond acceptors (Lipinski definition) is 5. The molecule has 2 N–H and O–H groups in total. The maximum absolute atomic E-state index is 9.39. The van der Waals surface area contributed by atoms with Crippen molar-refractivity contribution in [2.24, 2.45) is 5.41 Å². The molecule has 0 radical (unpaired) electrons. The van der Waals surface area contributed by atoms with Crippen molar-refractivity contribution in [1.29, 1.82) is 0 Å². The molecule has 0 aliphatic heterocycles. The first-order valence-electron chi connectivity index (χ1n) is 6.19. The average molecular weight is 244 g/mol. The van der Waals surface area contributed by atoms with E-state index < -0.39 is 0 Å². The highest BCUT2D eigenvalue weighted by Crippen LogP contribution is 2.48.